The van der Waals surface area contributed by atoms with Crippen LogP contribution in [0.3, 0.4) is 0 Å². The summed E-state index contributed by atoms with van der Waals surface area (Å²) < 4.78 is 23.7. The van der Waals surface area contributed by atoms with Gasteiger partial charge in [-0.2, -0.15) is 0 Å². The molecule has 1 atom stereocenters. The van der Waals surface area contributed by atoms with Crippen LogP contribution >= 0.6 is 12.2 Å². The fourth-order valence-corrected chi connectivity index (χ4v) is 4.00. The van der Waals surface area contributed by atoms with Crippen molar-refractivity contribution in [2.24, 2.45) is 0 Å². The number of hydrogen-bond donors (Lipinski definition) is 1. The largest absolute Gasteiger partial charge is 0.497 e. The van der Waals surface area contributed by atoms with Gasteiger partial charge in [0.15, 0.2) is 5.11 Å². The number of anilines is 2. The van der Waals surface area contributed by atoms with Crippen molar-refractivity contribution >= 4 is 46.7 Å². The van der Waals surface area contributed by atoms with E-state index in [2.05, 4.69) is 10.3 Å². The van der Waals surface area contributed by atoms with Crippen molar-refractivity contribution in [3.8, 4) is 11.5 Å². The number of halogens is 1. The molecule has 1 aromatic heterocycles. The average Bonchev–Trinajstić information content (AvgIpc) is 3.12. The third-order valence-corrected chi connectivity index (χ3v) is 5.89. The van der Waals surface area contributed by atoms with E-state index in [1.54, 1.807) is 36.4 Å². The normalized spacial score (nSPS) is 15.5. The summed E-state index contributed by atoms with van der Waals surface area (Å²) in [6, 6.07) is 15.1. The Balaban J connectivity index is 1.58. The number of methoxy groups -OCH3 is 2. The molecule has 1 aliphatic rings. The van der Waals surface area contributed by atoms with Gasteiger partial charge in [0.25, 0.3) is 5.91 Å². The third-order valence-electron chi connectivity index (χ3n) is 5.50. The van der Waals surface area contributed by atoms with Crippen LogP contribution in [-0.4, -0.2) is 47.1 Å². The van der Waals surface area contributed by atoms with E-state index in [0.717, 1.165) is 5.56 Å². The lowest BCUT2D eigenvalue weighted by Gasteiger charge is -2.19. The van der Waals surface area contributed by atoms with Crippen LogP contribution in [-0.2, 0) is 9.59 Å². The molecule has 1 N–H and O–H groups in total. The van der Waals surface area contributed by atoms with E-state index in [1.807, 2.05) is 24.3 Å². The lowest BCUT2D eigenvalue weighted by molar-refractivity contribution is -0.124. The Morgan fingerprint density at radius 3 is 2.33 bits per heavy atom. The SMILES string of the molecule is COc1ccc(C=CN2C(=S)N(c3ccc(F)cc3)C(=O)C2CC(=O)Nc2ccc(OC)cn2)cc1. The number of carbonyl (C=O) groups excluding carboxylic acids is 2. The summed E-state index contributed by atoms with van der Waals surface area (Å²) in [5, 5.41) is 2.87. The number of carbonyl (C=O) groups is 2. The molecule has 1 unspecified atom stereocenters. The maximum absolute atomic E-state index is 13.5. The van der Waals surface area contributed by atoms with Gasteiger partial charge in [-0.3, -0.25) is 14.5 Å². The second-order valence-electron chi connectivity index (χ2n) is 7.78. The summed E-state index contributed by atoms with van der Waals surface area (Å²) in [4.78, 5) is 33.3. The van der Waals surface area contributed by atoms with E-state index in [9.17, 15) is 14.0 Å². The Labute approximate surface area is 212 Å². The van der Waals surface area contributed by atoms with Gasteiger partial charge in [0.1, 0.15) is 29.2 Å². The first-order valence-electron chi connectivity index (χ1n) is 10.9. The van der Waals surface area contributed by atoms with E-state index in [1.165, 1.54) is 42.5 Å². The minimum Gasteiger partial charge on any atom is -0.497 e. The first-order valence-corrected chi connectivity index (χ1v) is 11.3. The van der Waals surface area contributed by atoms with Crippen molar-refractivity contribution < 1.29 is 23.5 Å². The standard InChI is InChI=1S/C26H23FN4O4S/c1-34-20-9-3-17(4-10-20)13-14-30-22(15-24(32)29-23-12-11-21(35-2)16-28-23)25(33)31(26(30)36)19-7-5-18(27)6-8-19/h3-14,16,22H,15H2,1-2H3,(H,28,29,32). The van der Waals surface area contributed by atoms with E-state index in [4.69, 9.17) is 21.7 Å². The molecule has 2 heterocycles. The minimum atomic E-state index is -0.907. The van der Waals surface area contributed by atoms with E-state index in [0.29, 0.717) is 23.0 Å². The number of amides is 2. The number of nitrogens with one attached hydrogen (secondary N) is 1. The molecule has 10 heteroatoms. The number of benzene rings is 2. The number of pyridine rings is 1. The fourth-order valence-electron chi connectivity index (χ4n) is 3.62. The van der Waals surface area contributed by atoms with Crippen molar-refractivity contribution in [2.45, 2.75) is 12.5 Å². The number of ether oxygens (including phenoxy) is 2. The number of aromatic nitrogens is 1. The maximum atomic E-state index is 13.5. The number of thiocarbonyl (C=S) groups is 1. The maximum Gasteiger partial charge on any atom is 0.257 e. The van der Waals surface area contributed by atoms with E-state index >= 15 is 0 Å². The van der Waals surface area contributed by atoms with Crippen LogP contribution in [0.2, 0.25) is 0 Å². The quantitative estimate of drug-likeness (QED) is 0.458. The molecule has 0 spiro atoms. The highest BCUT2D eigenvalue weighted by atomic mass is 32.1. The van der Waals surface area contributed by atoms with Gasteiger partial charge in [0.2, 0.25) is 5.91 Å². The average molecular weight is 507 g/mol. The number of hydrogen-bond acceptors (Lipinski definition) is 6. The number of nitrogens with zero attached hydrogens (tertiary/aromatic N) is 3. The van der Waals surface area contributed by atoms with Gasteiger partial charge in [-0.15, -0.1) is 0 Å². The Kier molecular flexibility index (Phi) is 7.55. The molecule has 4 rings (SSSR count). The molecule has 2 amide bonds. The zero-order chi connectivity index (χ0) is 25.7. The lowest BCUT2D eigenvalue weighted by Crippen LogP contribution is -2.34. The second-order valence-corrected chi connectivity index (χ2v) is 8.15. The molecule has 0 aliphatic carbocycles. The molecule has 8 nitrogen and oxygen atoms in total. The highest BCUT2D eigenvalue weighted by Gasteiger charge is 2.43. The lowest BCUT2D eigenvalue weighted by atomic mass is 10.1. The molecule has 0 radical (unpaired) electrons. The molecule has 1 aliphatic heterocycles. The van der Waals surface area contributed by atoms with Crippen LogP contribution in [0.1, 0.15) is 12.0 Å². The van der Waals surface area contributed by atoms with Crippen LogP contribution in [0.25, 0.3) is 6.08 Å². The summed E-state index contributed by atoms with van der Waals surface area (Å²) in [6.45, 7) is 0. The number of rotatable bonds is 8. The first kappa shape index (κ1) is 24.8. The summed E-state index contributed by atoms with van der Waals surface area (Å²) >= 11 is 5.60. The molecule has 0 saturated carbocycles. The van der Waals surface area contributed by atoms with E-state index in [-0.39, 0.29) is 11.5 Å². The molecule has 1 fully saturated rings. The molecular weight excluding hydrogens is 483 g/mol. The summed E-state index contributed by atoms with van der Waals surface area (Å²) in [5.74, 6) is 0.332. The Morgan fingerprint density at radius 1 is 1.06 bits per heavy atom. The van der Waals surface area contributed by atoms with Crippen molar-refractivity contribution in [3.05, 3.63) is 84.4 Å². The first-order chi connectivity index (χ1) is 17.4. The van der Waals surface area contributed by atoms with Gasteiger partial charge in [-0.25, -0.2) is 9.37 Å². The molecule has 3 aromatic rings. The molecule has 36 heavy (non-hydrogen) atoms. The van der Waals surface area contributed by atoms with Crippen molar-refractivity contribution in [1.82, 2.24) is 9.88 Å². The predicted octanol–water partition coefficient (Wildman–Crippen LogP) is 4.24. The zero-order valence-electron chi connectivity index (χ0n) is 19.6. The predicted molar refractivity (Wildman–Crippen MR) is 138 cm³/mol. The molecular formula is C26H23FN4O4S. The second kappa shape index (κ2) is 11.0. The Hall–Kier alpha value is -4.31. The van der Waals surface area contributed by atoms with Crippen LogP contribution in [0.15, 0.2) is 73.1 Å². The minimum absolute atomic E-state index is 0.178. The smallest absolute Gasteiger partial charge is 0.257 e. The van der Waals surface area contributed by atoms with Crippen molar-refractivity contribution in [2.75, 3.05) is 24.4 Å². The molecule has 1 saturated heterocycles. The van der Waals surface area contributed by atoms with Gasteiger partial charge < -0.3 is 19.7 Å². The van der Waals surface area contributed by atoms with Gasteiger partial charge in [0, 0.05) is 6.20 Å². The highest BCUT2D eigenvalue weighted by Crippen LogP contribution is 2.28. The fraction of sp³-hybridized carbons (Fsp3) is 0.154. The monoisotopic (exact) mass is 506 g/mol. The van der Waals surface area contributed by atoms with Gasteiger partial charge in [0.05, 0.1) is 32.5 Å². The van der Waals surface area contributed by atoms with E-state index < -0.39 is 23.7 Å². The summed E-state index contributed by atoms with van der Waals surface area (Å²) in [7, 11) is 3.10. The molecule has 0 bridgehead atoms. The van der Waals surface area contributed by atoms with Crippen molar-refractivity contribution in [1.29, 1.82) is 0 Å². The van der Waals surface area contributed by atoms with Gasteiger partial charge in [-0.05, 0) is 72.4 Å². The van der Waals surface area contributed by atoms with Crippen LogP contribution < -0.4 is 19.7 Å². The van der Waals surface area contributed by atoms with Gasteiger partial charge in [-0.1, -0.05) is 12.1 Å². The zero-order valence-corrected chi connectivity index (χ0v) is 20.4. The van der Waals surface area contributed by atoms with Crippen LogP contribution in [0, 0.1) is 5.82 Å². The third kappa shape index (κ3) is 5.49. The topological polar surface area (TPSA) is 84.0 Å². The Morgan fingerprint density at radius 2 is 1.72 bits per heavy atom. The summed E-state index contributed by atoms with van der Waals surface area (Å²) in [5.41, 5.74) is 1.26. The van der Waals surface area contributed by atoms with Gasteiger partial charge >= 0.3 is 0 Å². The molecule has 2 aromatic carbocycles. The summed E-state index contributed by atoms with van der Waals surface area (Å²) in [6.07, 6.45) is 4.74. The van der Waals surface area contributed by atoms with Crippen LogP contribution in [0.5, 0.6) is 11.5 Å². The highest BCUT2D eigenvalue weighted by molar-refractivity contribution is 7.80. The molecule has 184 valence electrons. The van der Waals surface area contributed by atoms with Crippen molar-refractivity contribution in [3.63, 3.8) is 0 Å². The Bertz CT molecular complexity index is 1280. The van der Waals surface area contributed by atoms with Crippen LogP contribution in [0.4, 0.5) is 15.9 Å².